The molecule has 0 atom stereocenters. The van der Waals surface area contributed by atoms with Crippen LogP contribution in [0.1, 0.15) is 0 Å². The topological polar surface area (TPSA) is 113 Å². The van der Waals surface area contributed by atoms with Crippen molar-refractivity contribution in [3.8, 4) is 5.82 Å². The maximum atomic E-state index is 10.5. The Morgan fingerprint density at radius 1 is 1.40 bits per heavy atom. The van der Waals surface area contributed by atoms with E-state index in [0.717, 1.165) is 10.9 Å². The molecule has 0 saturated carbocycles. The molecule has 0 amide bonds. The molecule has 15 heavy (non-hydrogen) atoms. The summed E-state index contributed by atoms with van der Waals surface area (Å²) in [7, 11) is 0. The Balaban J connectivity index is 2.52. The van der Waals surface area contributed by atoms with E-state index in [0.29, 0.717) is 5.82 Å². The highest BCUT2D eigenvalue weighted by Crippen LogP contribution is 2.21. The molecule has 0 aliphatic heterocycles. The van der Waals surface area contributed by atoms with E-state index in [-0.39, 0.29) is 11.5 Å². The van der Waals surface area contributed by atoms with Gasteiger partial charge in [0.05, 0.1) is 11.1 Å². The molecule has 0 bridgehead atoms. The van der Waals surface area contributed by atoms with Crippen LogP contribution in [0.5, 0.6) is 0 Å². The average Bonchev–Trinajstić information content (AvgIpc) is 2.61. The van der Waals surface area contributed by atoms with E-state index in [1.165, 1.54) is 18.6 Å². The second-order valence-electron chi connectivity index (χ2n) is 2.65. The molecule has 0 unspecified atom stereocenters. The number of hydrogen-bond acceptors (Lipinski definition) is 6. The summed E-state index contributed by atoms with van der Waals surface area (Å²) < 4.78 is 1.16. The van der Waals surface area contributed by atoms with Crippen LogP contribution in [0.15, 0.2) is 24.8 Å². The van der Waals surface area contributed by atoms with Gasteiger partial charge in [0, 0.05) is 12.4 Å². The van der Waals surface area contributed by atoms with Crippen molar-refractivity contribution in [1.29, 1.82) is 0 Å². The molecule has 2 rings (SSSR count). The monoisotopic (exact) mass is 206 g/mol. The smallest absolute Gasteiger partial charge is 0.331 e. The van der Waals surface area contributed by atoms with Crippen molar-refractivity contribution in [2.75, 3.05) is 5.73 Å². The molecular formula is C7H6N6O2. The van der Waals surface area contributed by atoms with Crippen molar-refractivity contribution in [1.82, 2.24) is 19.7 Å². The van der Waals surface area contributed by atoms with Crippen LogP contribution in [0.25, 0.3) is 5.82 Å². The summed E-state index contributed by atoms with van der Waals surface area (Å²) >= 11 is 0. The number of aromatic nitrogens is 4. The second kappa shape index (κ2) is 3.33. The van der Waals surface area contributed by atoms with Gasteiger partial charge in [-0.1, -0.05) is 0 Å². The first kappa shape index (κ1) is 9.06. The van der Waals surface area contributed by atoms with Crippen molar-refractivity contribution in [3.05, 3.63) is 34.9 Å². The van der Waals surface area contributed by atoms with Gasteiger partial charge < -0.3 is 5.73 Å². The minimum absolute atomic E-state index is 0.0690. The predicted molar refractivity (Wildman–Crippen MR) is 50.2 cm³/mol. The van der Waals surface area contributed by atoms with Crippen molar-refractivity contribution >= 4 is 11.5 Å². The lowest BCUT2D eigenvalue weighted by Gasteiger charge is -1.99. The van der Waals surface area contributed by atoms with Gasteiger partial charge >= 0.3 is 5.69 Å². The van der Waals surface area contributed by atoms with Crippen molar-refractivity contribution in [2.24, 2.45) is 0 Å². The van der Waals surface area contributed by atoms with Gasteiger partial charge in [-0.15, -0.1) is 0 Å². The first-order chi connectivity index (χ1) is 7.20. The first-order valence-corrected chi connectivity index (χ1v) is 3.94. The van der Waals surface area contributed by atoms with E-state index < -0.39 is 4.92 Å². The molecule has 0 spiro atoms. The zero-order valence-corrected chi connectivity index (χ0v) is 7.44. The highest BCUT2D eigenvalue weighted by atomic mass is 16.6. The van der Waals surface area contributed by atoms with Gasteiger partial charge in [-0.25, -0.2) is 4.98 Å². The van der Waals surface area contributed by atoms with Gasteiger partial charge in [0.15, 0.2) is 5.82 Å². The van der Waals surface area contributed by atoms with E-state index in [4.69, 9.17) is 5.73 Å². The summed E-state index contributed by atoms with van der Waals surface area (Å²) in [5, 5.41) is 14.3. The fourth-order valence-corrected chi connectivity index (χ4v) is 1.07. The average molecular weight is 206 g/mol. The fraction of sp³-hybridized carbons (Fsp3) is 0. The maximum absolute atomic E-state index is 10.5. The zero-order valence-electron chi connectivity index (χ0n) is 7.44. The number of nitro groups is 1. The Morgan fingerprint density at radius 3 is 2.73 bits per heavy atom. The van der Waals surface area contributed by atoms with Crippen LogP contribution in [0.4, 0.5) is 11.5 Å². The van der Waals surface area contributed by atoms with Crippen LogP contribution < -0.4 is 5.73 Å². The van der Waals surface area contributed by atoms with Crippen molar-refractivity contribution in [3.63, 3.8) is 0 Å². The molecule has 0 aliphatic rings. The Hall–Kier alpha value is -2.51. The number of rotatable bonds is 2. The maximum Gasteiger partial charge on any atom is 0.331 e. The SMILES string of the molecule is Nc1c([N+](=O)[O-])cnn1-c1cnccn1. The van der Waals surface area contributed by atoms with Gasteiger partial charge in [-0.3, -0.25) is 15.1 Å². The van der Waals surface area contributed by atoms with E-state index in [1.54, 1.807) is 0 Å². The largest absolute Gasteiger partial charge is 0.378 e. The molecule has 2 heterocycles. The van der Waals surface area contributed by atoms with Crippen molar-refractivity contribution in [2.45, 2.75) is 0 Å². The molecule has 0 fully saturated rings. The number of nitrogen functional groups attached to an aromatic ring is 1. The van der Waals surface area contributed by atoms with Crippen LogP contribution in [0.2, 0.25) is 0 Å². The van der Waals surface area contributed by atoms with Crippen LogP contribution in [-0.4, -0.2) is 24.7 Å². The molecule has 2 aromatic rings. The highest BCUT2D eigenvalue weighted by Gasteiger charge is 2.18. The number of nitrogens with zero attached hydrogens (tertiary/aromatic N) is 5. The standard InChI is InChI=1S/C7H6N6O2/c8-7-5(13(14)15)3-11-12(7)6-4-9-1-2-10-6/h1-4H,8H2. The van der Waals surface area contributed by atoms with Gasteiger partial charge in [-0.05, 0) is 0 Å². The Morgan fingerprint density at radius 2 is 2.20 bits per heavy atom. The molecule has 0 aromatic carbocycles. The van der Waals surface area contributed by atoms with E-state index in [1.807, 2.05) is 0 Å². The summed E-state index contributed by atoms with van der Waals surface area (Å²) in [5.41, 5.74) is 5.28. The molecule has 0 radical (unpaired) electrons. The molecule has 2 N–H and O–H groups in total. The minimum Gasteiger partial charge on any atom is -0.378 e. The lowest BCUT2D eigenvalue weighted by molar-refractivity contribution is -0.383. The normalized spacial score (nSPS) is 10.1. The summed E-state index contributed by atoms with van der Waals surface area (Å²) in [6, 6.07) is 0. The molecular weight excluding hydrogens is 200 g/mol. The minimum atomic E-state index is -0.602. The van der Waals surface area contributed by atoms with E-state index >= 15 is 0 Å². The van der Waals surface area contributed by atoms with Crippen LogP contribution in [-0.2, 0) is 0 Å². The number of nitrogens with two attached hydrogens (primary N) is 1. The zero-order chi connectivity index (χ0) is 10.8. The molecule has 8 heteroatoms. The van der Waals surface area contributed by atoms with Crippen LogP contribution in [0.3, 0.4) is 0 Å². The summed E-state index contributed by atoms with van der Waals surface area (Å²) in [6.45, 7) is 0. The van der Waals surface area contributed by atoms with Crippen LogP contribution in [0, 0.1) is 10.1 Å². The first-order valence-electron chi connectivity index (χ1n) is 3.94. The predicted octanol–water partition coefficient (Wildman–Crippen LogP) is 0.153. The lowest BCUT2D eigenvalue weighted by Crippen LogP contribution is -2.05. The molecule has 2 aromatic heterocycles. The second-order valence-corrected chi connectivity index (χ2v) is 2.65. The number of hydrogen-bond donors (Lipinski definition) is 1. The molecule has 0 aliphatic carbocycles. The molecule has 76 valence electrons. The Bertz CT molecular complexity index is 493. The fourth-order valence-electron chi connectivity index (χ4n) is 1.07. The van der Waals surface area contributed by atoms with Gasteiger partial charge in [-0.2, -0.15) is 9.78 Å². The third-order valence-corrected chi connectivity index (χ3v) is 1.75. The molecule has 8 nitrogen and oxygen atoms in total. The van der Waals surface area contributed by atoms with Gasteiger partial charge in [0.1, 0.15) is 6.20 Å². The third-order valence-electron chi connectivity index (χ3n) is 1.75. The number of anilines is 1. The van der Waals surface area contributed by atoms with Crippen molar-refractivity contribution < 1.29 is 4.92 Å². The Kier molecular flexibility index (Phi) is 2.01. The molecule has 0 saturated heterocycles. The van der Waals surface area contributed by atoms with E-state index in [2.05, 4.69) is 15.1 Å². The summed E-state index contributed by atoms with van der Waals surface area (Å²) in [6.07, 6.45) is 5.41. The van der Waals surface area contributed by atoms with Gasteiger partial charge in [0.2, 0.25) is 5.82 Å². The third kappa shape index (κ3) is 1.47. The van der Waals surface area contributed by atoms with Gasteiger partial charge in [0.25, 0.3) is 0 Å². The summed E-state index contributed by atoms with van der Waals surface area (Å²) in [5.74, 6) is 0.267. The lowest BCUT2D eigenvalue weighted by atomic mass is 10.5. The highest BCUT2D eigenvalue weighted by molar-refractivity contribution is 5.54. The van der Waals surface area contributed by atoms with Crippen LogP contribution >= 0.6 is 0 Å². The quantitative estimate of drug-likeness (QED) is 0.552. The Labute approximate surface area is 83.5 Å². The summed E-state index contributed by atoms with van der Waals surface area (Å²) in [4.78, 5) is 17.6. The van der Waals surface area contributed by atoms with E-state index in [9.17, 15) is 10.1 Å².